The molecule has 0 aliphatic rings. The summed E-state index contributed by atoms with van der Waals surface area (Å²) in [7, 11) is -1.02. The van der Waals surface area contributed by atoms with E-state index in [1.807, 2.05) is 25.2 Å². The summed E-state index contributed by atoms with van der Waals surface area (Å²) in [6.07, 6.45) is 1.40. The van der Waals surface area contributed by atoms with Crippen molar-refractivity contribution in [3.63, 3.8) is 0 Å². The van der Waals surface area contributed by atoms with Crippen molar-refractivity contribution in [2.24, 2.45) is 0 Å². The topological polar surface area (TPSA) is 46.2 Å². The van der Waals surface area contributed by atoms with Crippen LogP contribution in [0.15, 0.2) is 22.7 Å². The molecule has 0 fully saturated rings. The van der Waals surface area contributed by atoms with E-state index in [1.54, 1.807) is 6.92 Å². The molecule has 1 aromatic carbocycles. The minimum absolute atomic E-state index is 0.0973. The summed E-state index contributed by atoms with van der Waals surface area (Å²) in [5.74, 6) is 0.442. The number of hydrogen-bond donors (Lipinski definition) is 1. The van der Waals surface area contributed by atoms with Gasteiger partial charge >= 0.3 is 0 Å². The van der Waals surface area contributed by atoms with Crippen molar-refractivity contribution in [2.75, 3.05) is 18.6 Å². The molecule has 6 heteroatoms. The first-order chi connectivity index (χ1) is 8.89. The first-order valence-electron chi connectivity index (χ1n) is 6.22. The van der Waals surface area contributed by atoms with E-state index in [4.69, 9.17) is 11.6 Å². The Morgan fingerprint density at radius 3 is 2.68 bits per heavy atom. The van der Waals surface area contributed by atoms with Gasteiger partial charge in [-0.3, -0.25) is 0 Å². The molecule has 108 valence electrons. The molecule has 0 bridgehead atoms. The van der Waals surface area contributed by atoms with E-state index in [-0.39, 0.29) is 17.5 Å². The molecule has 0 spiro atoms. The van der Waals surface area contributed by atoms with E-state index < -0.39 is 9.84 Å². The lowest BCUT2D eigenvalue weighted by Crippen LogP contribution is -2.18. The van der Waals surface area contributed by atoms with Gasteiger partial charge in [-0.25, -0.2) is 8.42 Å². The number of benzene rings is 1. The Morgan fingerprint density at radius 2 is 2.11 bits per heavy atom. The van der Waals surface area contributed by atoms with Gasteiger partial charge in [-0.05, 0) is 43.7 Å². The second-order valence-electron chi connectivity index (χ2n) is 4.39. The van der Waals surface area contributed by atoms with Crippen LogP contribution in [0.25, 0.3) is 0 Å². The molecule has 0 saturated heterocycles. The van der Waals surface area contributed by atoms with Crippen LogP contribution in [0.3, 0.4) is 0 Å². The second kappa shape index (κ2) is 7.62. The van der Waals surface area contributed by atoms with Gasteiger partial charge in [0.15, 0.2) is 0 Å². The van der Waals surface area contributed by atoms with Crippen molar-refractivity contribution in [3.05, 3.63) is 33.3 Å². The average molecular weight is 369 g/mol. The van der Waals surface area contributed by atoms with Gasteiger partial charge < -0.3 is 5.32 Å². The maximum Gasteiger partial charge on any atom is 0.150 e. The maximum absolute atomic E-state index is 11.5. The summed E-state index contributed by atoms with van der Waals surface area (Å²) in [4.78, 5) is 0. The van der Waals surface area contributed by atoms with E-state index in [0.717, 1.165) is 16.5 Å². The standard InChI is InChI=1S/C13H19BrClNO2S/c1-3-19(17,18)8-4-5-13(16-2)11-9-10(15)6-7-12(11)14/h6-7,9,13,16H,3-5,8H2,1-2H3. The Morgan fingerprint density at radius 1 is 1.42 bits per heavy atom. The zero-order valence-corrected chi connectivity index (χ0v) is 14.3. The van der Waals surface area contributed by atoms with E-state index in [1.165, 1.54) is 0 Å². The van der Waals surface area contributed by atoms with Gasteiger partial charge in [0.05, 0.1) is 5.75 Å². The lowest BCUT2D eigenvalue weighted by Gasteiger charge is -2.18. The predicted molar refractivity (Wildman–Crippen MR) is 84.5 cm³/mol. The van der Waals surface area contributed by atoms with Crippen LogP contribution in [0.2, 0.25) is 5.02 Å². The van der Waals surface area contributed by atoms with E-state index in [2.05, 4.69) is 21.2 Å². The van der Waals surface area contributed by atoms with Crippen LogP contribution in [0.1, 0.15) is 31.4 Å². The minimum Gasteiger partial charge on any atom is -0.313 e. The van der Waals surface area contributed by atoms with Gasteiger partial charge in [-0.15, -0.1) is 0 Å². The fraction of sp³-hybridized carbons (Fsp3) is 0.538. The highest BCUT2D eigenvalue weighted by Gasteiger charge is 2.15. The molecule has 0 heterocycles. The molecule has 0 aliphatic heterocycles. The van der Waals surface area contributed by atoms with Crippen molar-refractivity contribution in [1.82, 2.24) is 5.32 Å². The highest BCUT2D eigenvalue weighted by atomic mass is 79.9. The number of hydrogen-bond acceptors (Lipinski definition) is 3. The molecule has 1 aromatic rings. The number of halogens is 2. The van der Waals surface area contributed by atoms with Crippen molar-refractivity contribution in [3.8, 4) is 0 Å². The molecular formula is C13H19BrClNO2S. The molecule has 1 unspecified atom stereocenters. The maximum atomic E-state index is 11.5. The molecule has 1 N–H and O–H groups in total. The highest BCUT2D eigenvalue weighted by molar-refractivity contribution is 9.10. The minimum atomic E-state index is -2.89. The third-order valence-electron chi connectivity index (χ3n) is 3.07. The SMILES string of the molecule is CCS(=O)(=O)CCCC(NC)c1cc(Cl)ccc1Br. The second-order valence-corrected chi connectivity index (χ2v) is 8.15. The number of sulfone groups is 1. The largest absolute Gasteiger partial charge is 0.313 e. The van der Waals surface area contributed by atoms with Crippen LogP contribution in [-0.2, 0) is 9.84 Å². The summed E-state index contributed by atoms with van der Waals surface area (Å²) in [5, 5.41) is 3.89. The zero-order chi connectivity index (χ0) is 14.5. The summed E-state index contributed by atoms with van der Waals surface area (Å²) in [6.45, 7) is 1.68. The van der Waals surface area contributed by atoms with Gasteiger partial charge in [0, 0.05) is 21.3 Å². The van der Waals surface area contributed by atoms with Crippen molar-refractivity contribution in [2.45, 2.75) is 25.8 Å². The van der Waals surface area contributed by atoms with Gasteiger partial charge in [0.1, 0.15) is 9.84 Å². The van der Waals surface area contributed by atoms with Crippen LogP contribution in [0.4, 0.5) is 0 Å². The molecule has 0 saturated carbocycles. The fourth-order valence-corrected chi connectivity index (χ4v) is 3.49. The smallest absolute Gasteiger partial charge is 0.150 e. The molecule has 0 aliphatic carbocycles. The van der Waals surface area contributed by atoms with Crippen LogP contribution < -0.4 is 5.32 Å². The van der Waals surface area contributed by atoms with Crippen LogP contribution >= 0.6 is 27.5 Å². The normalized spacial score (nSPS) is 13.5. The summed E-state index contributed by atoms with van der Waals surface area (Å²) >= 11 is 9.50. The fourth-order valence-electron chi connectivity index (χ4n) is 1.89. The van der Waals surface area contributed by atoms with E-state index in [9.17, 15) is 8.42 Å². The molecule has 3 nitrogen and oxygen atoms in total. The van der Waals surface area contributed by atoms with E-state index in [0.29, 0.717) is 11.4 Å². The van der Waals surface area contributed by atoms with Crippen LogP contribution in [0.5, 0.6) is 0 Å². The summed E-state index contributed by atoms with van der Waals surface area (Å²) < 4.78 is 23.9. The third-order valence-corrected chi connectivity index (χ3v) is 5.82. The predicted octanol–water partition coefficient (Wildman–Crippen LogP) is 3.58. The average Bonchev–Trinajstić information content (AvgIpc) is 2.38. The summed E-state index contributed by atoms with van der Waals surface area (Å²) in [6, 6.07) is 5.73. The lowest BCUT2D eigenvalue weighted by atomic mass is 10.0. The summed E-state index contributed by atoms with van der Waals surface area (Å²) in [5.41, 5.74) is 1.06. The number of nitrogens with one attached hydrogen (secondary N) is 1. The van der Waals surface area contributed by atoms with Crippen LogP contribution in [-0.4, -0.2) is 27.0 Å². The van der Waals surface area contributed by atoms with Crippen molar-refractivity contribution < 1.29 is 8.42 Å². The molecule has 0 amide bonds. The Hall–Kier alpha value is -0.100. The van der Waals surface area contributed by atoms with Crippen LogP contribution in [0, 0.1) is 0 Å². The molecule has 0 radical (unpaired) electrons. The number of rotatable bonds is 7. The third kappa shape index (κ3) is 5.42. The molecule has 1 atom stereocenters. The van der Waals surface area contributed by atoms with Crippen molar-refractivity contribution >= 4 is 37.4 Å². The lowest BCUT2D eigenvalue weighted by molar-refractivity contribution is 0.534. The first-order valence-corrected chi connectivity index (χ1v) is 9.21. The monoisotopic (exact) mass is 367 g/mol. The Bertz CT molecular complexity index is 519. The highest BCUT2D eigenvalue weighted by Crippen LogP contribution is 2.29. The van der Waals surface area contributed by atoms with Gasteiger partial charge in [-0.1, -0.05) is 34.5 Å². The van der Waals surface area contributed by atoms with Crippen molar-refractivity contribution in [1.29, 1.82) is 0 Å². The van der Waals surface area contributed by atoms with E-state index >= 15 is 0 Å². The molecular weight excluding hydrogens is 350 g/mol. The quantitative estimate of drug-likeness (QED) is 0.800. The Labute approximate surface area is 128 Å². The first kappa shape index (κ1) is 17.0. The zero-order valence-electron chi connectivity index (χ0n) is 11.1. The van der Waals surface area contributed by atoms with Gasteiger partial charge in [0.25, 0.3) is 0 Å². The Balaban J connectivity index is 2.71. The molecule has 19 heavy (non-hydrogen) atoms. The molecule has 0 aromatic heterocycles. The molecule has 1 rings (SSSR count). The van der Waals surface area contributed by atoms with Gasteiger partial charge in [-0.2, -0.15) is 0 Å². The Kier molecular flexibility index (Phi) is 6.80. The van der Waals surface area contributed by atoms with Gasteiger partial charge in [0.2, 0.25) is 0 Å².